The van der Waals surface area contributed by atoms with Crippen molar-refractivity contribution in [2.45, 2.75) is 13.8 Å². The molecule has 2 aromatic heterocycles. The second kappa shape index (κ2) is 3.34. The molecule has 5 heteroatoms. The van der Waals surface area contributed by atoms with E-state index in [1.54, 1.807) is 6.20 Å². The van der Waals surface area contributed by atoms with Gasteiger partial charge in [-0.05, 0) is 13.8 Å². The van der Waals surface area contributed by atoms with Crippen molar-refractivity contribution in [2.24, 2.45) is 0 Å². The first-order valence-electron chi connectivity index (χ1n) is 4.19. The molecule has 0 unspecified atom stereocenters. The van der Waals surface area contributed by atoms with Gasteiger partial charge in [0, 0.05) is 22.8 Å². The van der Waals surface area contributed by atoms with E-state index in [2.05, 4.69) is 15.0 Å². The Hall–Kier alpha value is -1.49. The van der Waals surface area contributed by atoms with Crippen LogP contribution < -0.4 is 5.73 Å². The molecule has 0 aliphatic heterocycles. The fourth-order valence-electron chi connectivity index (χ4n) is 1.08. The largest absolute Gasteiger partial charge is 0.383 e. The Morgan fingerprint density at radius 1 is 1.29 bits per heavy atom. The zero-order valence-electron chi connectivity index (χ0n) is 7.98. The van der Waals surface area contributed by atoms with Crippen LogP contribution in [0, 0.1) is 13.8 Å². The molecule has 0 aliphatic carbocycles. The smallest absolute Gasteiger partial charge is 0.190 e. The summed E-state index contributed by atoms with van der Waals surface area (Å²) in [4.78, 5) is 12.7. The highest BCUT2D eigenvalue weighted by Gasteiger charge is 2.08. The number of thiazole rings is 1. The van der Waals surface area contributed by atoms with Crippen molar-refractivity contribution in [3.63, 3.8) is 0 Å². The third-order valence-electron chi connectivity index (χ3n) is 2.05. The van der Waals surface area contributed by atoms with Crippen LogP contribution in [0.1, 0.15) is 11.3 Å². The average molecular weight is 206 g/mol. The molecule has 0 aromatic carbocycles. The maximum Gasteiger partial charge on any atom is 0.190 e. The van der Waals surface area contributed by atoms with Crippen molar-refractivity contribution in [2.75, 3.05) is 5.73 Å². The molecule has 0 saturated heterocycles. The van der Waals surface area contributed by atoms with Crippen molar-refractivity contribution in [3.8, 4) is 10.8 Å². The summed E-state index contributed by atoms with van der Waals surface area (Å²) in [5.74, 6) is 1.14. The first-order valence-corrected chi connectivity index (χ1v) is 5.07. The fourth-order valence-corrected chi connectivity index (χ4v) is 1.65. The van der Waals surface area contributed by atoms with Gasteiger partial charge in [0.15, 0.2) is 10.8 Å². The fraction of sp³-hybridized carbons (Fsp3) is 0.222. The van der Waals surface area contributed by atoms with Crippen molar-refractivity contribution < 1.29 is 0 Å². The van der Waals surface area contributed by atoms with Crippen LogP contribution in [0.25, 0.3) is 10.8 Å². The Balaban J connectivity index is 2.57. The average Bonchev–Trinajstić information content (AvgIpc) is 2.66. The van der Waals surface area contributed by atoms with Gasteiger partial charge in [0.05, 0.1) is 0 Å². The highest BCUT2D eigenvalue weighted by atomic mass is 32.1. The first-order chi connectivity index (χ1) is 6.68. The van der Waals surface area contributed by atoms with Gasteiger partial charge >= 0.3 is 0 Å². The van der Waals surface area contributed by atoms with Gasteiger partial charge in [-0.3, -0.25) is 0 Å². The van der Waals surface area contributed by atoms with E-state index in [9.17, 15) is 0 Å². The van der Waals surface area contributed by atoms with Gasteiger partial charge < -0.3 is 5.73 Å². The van der Waals surface area contributed by atoms with E-state index in [0.29, 0.717) is 11.6 Å². The molecule has 0 aliphatic rings. The molecule has 2 heterocycles. The number of hydrogen-bond acceptors (Lipinski definition) is 5. The van der Waals surface area contributed by atoms with Crippen LogP contribution in [0.5, 0.6) is 0 Å². The van der Waals surface area contributed by atoms with E-state index >= 15 is 0 Å². The number of nitrogens with two attached hydrogens (primary N) is 1. The Kier molecular flexibility index (Phi) is 2.17. The van der Waals surface area contributed by atoms with Crippen LogP contribution in [-0.2, 0) is 0 Å². The first kappa shape index (κ1) is 9.08. The maximum absolute atomic E-state index is 5.75. The number of aromatic nitrogens is 3. The molecule has 2 aromatic rings. The summed E-state index contributed by atoms with van der Waals surface area (Å²) < 4.78 is 0. The molecule has 0 saturated carbocycles. The van der Waals surface area contributed by atoms with Gasteiger partial charge in [-0.15, -0.1) is 11.3 Å². The van der Waals surface area contributed by atoms with E-state index in [1.807, 2.05) is 19.2 Å². The zero-order chi connectivity index (χ0) is 10.1. The molecular weight excluding hydrogens is 196 g/mol. The quantitative estimate of drug-likeness (QED) is 0.772. The molecule has 0 radical (unpaired) electrons. The van der Waals surface area contributed by atoms with E-state index < -0.39 is 0 Å². The minimum absolute atomic E-state index is 0.530. The molecule has 0 fully saturated rings. The summed E-state index contributed by atoms with van der Waals surface area (Å²) in [7, 11) is 0. The summed E-state index contributed by atoms with van der Waals surface area (Å²) >= 11 is 1.51. The second-order valence-electron chi connectivity index (χ2n) is 2.98. The number of hydrogen-bond donors (Lipinski definition) is 1. The molecule has 2 rings (SSSR count). The van der Waals surface area contributed by atoms with Gasteiger partial charge in [0.1, 0.15) is 5.82 Å². The minimum atomic E-state index is 0.530. The predicted octanol–water partition coefficient (Wildman–Crippen LogP) is 1.80. The second-order valence-corrected chi connectivity index (χ2v) is 3.87. The van der Waals surface area contributed by atoms with Crippen LogP contribution in [0.4, 0.5) is 5.82 Å². The van der Waals surface area contributed by atoms with Crippen LogP contribution in [0.2, 0.25) is 0 Å². The Bertz CT molecular complexity index is 427. The molecule has 0 amide bonds. The van der Waals surface area contributed by atoms with Gasteiger partial charge in [-0.1, -0.05) is 0 Å². The lowest BCUT2D eigenvalue weighted by atomic mass is 10.2. The van der Waals surface area contributed by atoms with Crippen molar-refractivity contribution in [1.29, 1.82) is 0 Å². The predicted molar refractivity (Wildman–Crippen MR) is 57.0 cm³/mol. The molecule has 14 heavy (non-hydrogen) atoms. The van der Waals surface area contributed by atoms with Crippen LogP contribution in [0.3, 0.4) is 0 Å². The van der Waals surface area contributed by atoms with Crippen molar-refractivity contribution >= 4 is 17.2 Å². The lowest BCUT2D eigenvalue weighted by Crippen LogP contribution is -2.01. The summed E-state index contributed by atoms with van der Waals surface area (Å²) in [6.45, 7) is 3.83. The topological polar surface area (TPSA) is 64.7 Å². The number of rotatable bonds is 1. The lowest BCUT2D eigenvalue weighted by Gasteiger charge is -2.04. The molecular formula is C9H10N4S. The third kappa shape index (κ3) is 1.46. The van der Waals surface area contributed by atoms with Crippen LogP contribution in [-0.4, -0.2) is 15.0 Å². The summed E-state index contributed by atoms with van der Waals surface area (Å²) in [6.07, 6.45) is 1.73. The molecule has 0 atom stereocenters. The molecule has 2 N–H and O–H groups in total. The normalized spacial score (nSPS) is 10.4. The minimum Gasteiger partial charge on any atom is -0.383 e. The van der Waals surface area contributed by atoms with Crippen LogP contribution >= 0.6 is 11.3 Å². The monoisotopic (exact) mass is 206 g/mol. The van der Waals surface area contributed by atoms with Crippen LogP contribution in [0.15, 0.2) is 11.6 Å². The Labute approximate surface area is 85.9 Å². The van der Waals surface area contributed by atoms with E-state index in [4.69, 9.17) is 5.73 Å². The summed E-state index contributed by atoms with van der Waals surface area (Å²) in [5.41, 5.74) is 7.59. The van der Waals surface area contributed by atoms with Gasteiger partial charge in [-0.25, -0.2) is 15.0 Å². The summed E-state index contributed by atoms with van der Waals surface area (Å²) in [6, 6.07) is 0. The highest BCUT2D eigenvalue weighted by molar-refractivity contribution is 7.12. The van der Waals surface area contributed by atoms with Gasteiger partial charge in [-0.2, -0.15) is 0 Å². The van der Waals surface area contributed by atoms with Crippen molar-refractivity contribution in [3.05, 3.63) is 22.8 Å². The van der Waals surface area contributed by atoms with Gasteiger partial charge in [0.2, 0.25) is 0 Å². The molecule has 72 valence electrons. The lowest BCUT2D eigenvalue weighted by molar-refractivity contribution is 1.07. The van der Waals surface area contributed by atoms with Gasteiger partial charge in [0.25, 0.3) is 0 Å². The standard InChI is InChI=1S/C9H10N4S/c1-5-6(2)12-8(13-7(5)10)9-11-3-4-14-9/h3-4H,1-2H3,(H2,10,12,13). The SMILES string of the molecule is Cc1nc(-c2nccs2)nc(N)c1C. The van der Waals surface area contributed by atoms with E-state index in [-0.39, 0.29) is 0 Å². The Morgan fingerprint density at radius 3 is 2.64 bits per heavy atom. The third-order valence-corrected chi connectivity index (χ3v) is 2.82. The zero-order valence-corrected chi connectivity index (χ0v) is 8.80. The van der Waals surface area contributed by atoms with E-state index in [0.717, 1.165) is 16.3 Å². The number of nitrogen functional groups attached to an aromatic ring is 1. The number of aryl methyl sites for hydroxylation is 1. The van der Waals surface area contributed by atoms with Crippen molar-refractivity contribution in [1.82, 2.24) is 15.0 Å². The maximum atomic E-state index is 5.75. The molecule has 4 nitrogen and oxygen atoms in total. The number of anilines is 1. The highest BCUT2D eigenvalue weighted by Crippen LogP contribution is 2.21. The Morgan fingerprint density at radius 2 is 2.07 bits per heavy atom. The molecule has 0 spiro atoms. The number of nitrogens with zero attached hydrogens (tertiary/aromatic N) is 3. The summed E-state index contributed by atoms with van der Waals surface area (Å²) in [5, 5.41) is 2.70. The van der Waals surface area contributed by atoms with E-state index in [1.165, 1.54) is 11.3 Å². The molecule has 0 bridgehead atoms.